The van der Waals surface area contributed by atoms with Crippen molar-refractivity contribution in [3.8, 4) is 11.5 Å². The van der Waals surface area contributed by atoms with E-state index >= 15 is 0 Å². The van der Waals surface area contributed by atoms with Gasteiger partial charge in [0.2, 0.25) is 0 Å². The van der Waals surface area contributed by atoms with Crippen LogP contribution in [0.1, 0.15) is 19.4 Å². The van der Waals surface area contributed by atoms with Crippen LogP contribution in [0.25, 0.3) is 6.08 Å². The molecule has 1 aliphatic rings. The molecule has 6 heteroatoms. The Balaban J connectivity index is 2.30. The summed E-state index contributed by atoms with van der Waals surface area (Å²) in [6.07, 6.45) is 1.82. The molecule has 1 aromatic rings. The van der Waals surface area contributed by atoms with Gasteiger partial charge in [-0.25, -0.2) is 0 Å². The molecule has 1 saturated heterocycles. The van der Waals surface area contributed by atoms with Crippen molar-refractivity contribution in [2.24, 2.45) is 0 Å². The Labute approximate surface area is 134 Å². The molecule has 1 amide bonds. The molecule has 1 aliphatic heterocycles. The molecule has 0 unspecified atom stereocenters. The van der Waals surface area contributed by atoms with Gasteiger partial charge in [0.05, 0.1) is 18.1 Å². The molecule has 0 spiro atoms. The van der Waals surface area contributed by atoms with Gasteiger partial charge in [-0.3, -0.25) is 9.69 Å². The third kappa shape index (κ3) is 3.57. The monoisotopic (exact) mass is 323 g/mol. The van der Waals surface area contributed by atoms with Crippen molar-refractivity contribution in [3.05, 3.63) is 28.7 Å². The first-order chi connectivity index (χ1) is 10.1. The largest absolute Gasteiger partial charge is 0.490 e. The molecular weight excluding hydrogens is 306 g/mol. The average Bonchev–Trinajstić information content (AvgIpc) is 2.70. The lowest BCUT2D eigenvalue weighted by Crippen LogP contribution is -2.22. The molecule has 1 aromatic carbocycles. The van der Waals surface area contributed by atoms with Crippen molar-refractivity contribution in [2.45, 2.75) is 13.8 Å². The maximum atomic E-state index is 12.0. The van der Waals surface area contributed by atoms with E-state index in [0.29, 0.717) is 33.9 Å². The van der Waals surface area contributed by atoms with Crippen molar-refractivity contribution in [1.82, 2.24) is 4.90 Å². The maximum Gasteiger partial charge on any atom is 0.265 e. The second-order valence-corrected chi connectivity index (χ2v) is 5.99. The van der Waals surface area contributed by atoms with Gasteiger partial charge in [-0.05, 0) is 37.6 Å². The molecule has 4 nitrogen and oxygen atoms in total. The maximum absolute atomic E-state index is 12.0. The van der Waals surface area contributed by atoms with Crippen LogP contribution in [0, 0.1) is 0 Å². The molecule has 0 atom stereocenters. The van der Waals surface area contributed by atoms with E-state index in [4.69, 9.17) is 21.7 Å². The number of nitrogens with zero attached hydrogens (tertiary/aromatic N) is 1. The van der Waals surface area contributed by atoms with Crippen LogP contribution in [0.15, 0.2) is 23.1 Å². The molecule has 1 fully saturated rings. The van der Waals surface area contributed by atoms with Crippen molar-refractivity contribution in [1.29, 1.82) is 0 Å². The number of carbonyl (C=O) groups is 1. The van der Waals surface area contributed by atoms with E-state index < -0.39 is 0 Å². The quantitative estimate of drug-likeness (QED) is 0.614. The molecule has 0 aromatic heterocycles. The zero-order valence-electron chi connectivity index (χ0n) is 12.2. The Morgan fingerprint density at radius 2 is 1.90 bits per heavy atom. The number of benzene rings is 1. The zero-order valence-corrected chi connectivity index (χ0v) is 13.8. The molecule has 0 saturated carbocycles. The molecule has 0 bridgehead atoms. The Morgan fingerprint density at radius 1 is 1.24 bits per heavy atom. The van der Waals surface area contributed by atoms with Gasteiger partial charge in [-0.15, -0.1) is 0 Å². The fourth-order valence-electron chi connectivity index (χ4n) is 1.85. The molecule has 1 heterocycles. The standard InChI is InChI=1S/C15H17NO3S2/c1-4-18-11-7-6-10(8-12(11)19-5-2)9-13-14(17)16(3)15(20)21-13/h6-9H,4-5H2,1-3H3/b13-9-. The van der Waals surface area contributed by atoms with Crippen LogP contribution in [-0.4, -0.2) is 35.4 Å². The van der Waals surface area contributed by atoms with Crippen LogP contribution >= 0.6 is 24.0 Å². The molecular formula is C15H17NO3S2. The normalized spacial score (nSPS) is 16.7. The molecule has 21 heavy (non-hydrogen) atoms. The number of thiocarbonyl (C=S) groups is 1. The lowest BCUT2D eigenvalue weighted by atomic mass is 10.2. The predicted octanol–water partition coefficient (Wildman–Crippen LogP) is 3.32. The minimum Gasteiger partial charge on any atom is -0.490 e. The lowest BCUT2D eigenvalue weighted by molar-refractivity contribution is -0.121. The Hall–Kier alpha value is -1.53. The summed E-state index contributed by atoms with van der Waals surface area (Å²) in [5.41, 5.74) is 0.885. The van der Waals surface area contributed by atoms with Gasteiger partial charge in [0, 0.05) is 7.05 Å². The summed E-state index contributed by atoms with van der Waals surface area (Å²) in [5, 5.41) is 0. The van der Waals surface area contributed by atoms with Gasteiger partial charge in [0.25, 0.3) is 5.91 Å². The number of carbonyl (C=O) groups excluding carboxylic acids is 1. The Bertz CT molecular complexity index is 599. The number of hydrogen-bond donors (Lipinski definition) is 0. The molecule has 112 valence electrons. The molecule has 0 N–H and O–H groups in total. The first kappa shape index (κ1) is 15.9. The second-order valence-electron chi connectivity index (χ2n) is 4.31. The highest BCUT2D eigenvalue weighted by atomic mass is 32.2. The van der Waals surface area contributed by atoms with Crippen LogP contribution in [0.2, 0.25) is 0 Å². The van der Waals surface area contributed by atoms with Crippen molar-refractivity contribution >= 4 is 40.3 Å². The number of thioether (sulfide) groups is 1. The van der Waals surface area contributed by atoms with Crippen LogP contribution in [0.4, 0.5) is 0 Å². The van der Waals surface area contributed by atoms with Crippen LogP contribution in [-0.2, 0) is 4.79 Å². The third-order valence-electron chi connectivity index (χ3n) is 2.85. The predicted molar refractivity (Wildman–Crippen MR) is 89.7 cm³/mol. The summed E-state index contributed by atoms with van der Waals surface area (Å²) in [7, 11) is 1.68. The Kier molecular flexibility index (Phi) is 5.25. The summed E-state index contributed by atoms with van der Waals surface area (Å²) < 4.78 is 11.7. The summed E-state index contributed by atoms with van der Waals surface area (Å²) in [6, 6.07) is 5.62. The summed E-state index contributed by atoms with van der Waals surface area (Å²) in [4.78, 5) is 14.1. The highest BCUT2D eigenvalue weighted by Gasteiger charge is 2.28. The van der Waals surface area contributed by atoms with E-state index in [1.807, 2.05) is 38.1 Å². The minimum absolute atomic E-state index is 0.0724. The van der Waals surface area contributed by atoms with Crippen molar-refractivity contribution < 1.29 is 14.3 Å². The van der Waals surface area contributed by atoms with Crippen LogP contribution in [0.5, 0.6) is 11.5 Å². The van der Waals surface area contributed by atoms with Gasteiger partial charge in [-0.1, -0.05) is 30.0 Å². The SMILES string of the molecule is CCOc1ccc(/C=C2\SC(=S)N(C)C2=O)cc1OCC. The number of ether oxygens (including phenoxy) is 2. The van der Waals surface area contributed by atoms with Crippen LogP contribution < -0.4 is 9.47 Å². The smallest absolute Gasteiger partial charge is 0.265 e. The highest BCUT2D eigenvalue weighted by molar-refractivity contribution is 8.26. The van der Waals surface area contributed by atoms with E-state index in [0.717, 1.165) is 5.56 Å². The first-order valence-corrected chi connectivity index (χ1v) is 7.90. The lowest BCUT2D eigenvalue weighted by Gasteiger charge is -2.11. The molecule has 0 aliphatic carbocycles. The number of amides is 1. The van der Waals surface area contributed by atoms with Crippen molar-refractivity contribution in [2.75, 3.05) is 20.3 Å². The van der Waals surface area contributed by atoms with Gasteiger partial charge in [0.15, 0.2) is 11.5 Å². The fourth-order valence-corrected chi connectivity index (χ4v) is 3.03. The van der Waals surface area contributed by atoms with E-state index in [9.17, 15) is 4.79 Å². The zero-order chi connectivity index (χ0) is 15.4. The van der Waals surface area contributed by atoms with Gasteiger partial charge in [-0.2, -0.15) is 0 Å². The minimum atomic E-state index is -0.0724. The topological polar surface area (TPSA) is 38.8 Å². The van der Waals surface area contributed by atoms with E-state index in [-0.39, 0.29) is 5.91 Å². The highest BCUT2D eigenvalue weighted by Crippen LogP contribution is 2.34. The van der Waals surface area contributed by atoms with Gasteiger partial charge in [0.1, 0.15) is 4.32 Å². The number of likely N-dealkylation sites (N-methyl/N-ethyl adjacent to an activating group) is 1. The Morgan fingerprint density at radius 3 is 2.48 bits per heavy atom. The molecule has 0 radical (unpaired) electrons. The number of rotatable bonds is 5. The second kappa shape index (κ2) is 6.95. The summed E-state index contributed by atoms with van der Waals surface area (Å²) >= 11 is 6.42. The van der Waals surface area contributed by atoms with Crippen molar-refractivity contribution in [3.63, 3.8) is 0 Å². The summed E-state index contributed by atoms with van der Waals surface area (Å²) in [5.74, 6) is 1.32. The van der Waals surface area contributed by atoms with Gasteiger partial charge < -0.3 is 9.47 Å². The average molecular weight is 323 g/mol. The molecule has 2 rings (SSSR count). The van der Waals surface area contributed by atoms with Crippen LogP contribution in [0.3, 0.4) is 0 Å². The summed E-state index contributed by atoms with van der Waals surface area (Å²) in [6.45, 7) is 4.98. The first-order valence-electron chi connectivity index (χ1n) is 6.68. The van der Waals surface area contributed by atoms with E-state index in [2.05, 4.69) is 0 Å². The third-order valence-corrected chi connectivity index (χ3v) is 4.34. The fraction of sp³-hybridized carbons (Fsp3) is 0.333. The number of hydrogen-bond acceptors (Lipinski definition) is 5. The van der Waals surface area contributed by atoms with E-state index in [1.165, 1.54) is 16.7 Å². The van der Waals surface area contributed by atoms with E-state index in [1.54, 1.807) is 7.05 Å². The van der Waals surface area contributed by atoms with Gasteiger partial charge >= 0.3 is 0 Å².